The average molecular weight is 449 g/mol. The predicted molar refractivity (Wildman–Crippen MR) is 130 cm³/mol. The largest absolute Gasteiger partial charge is 0.361 e. The molecule has 1 aromatic carbocycles. The van der Waals surface area contributed by atoms with Crippen molar-refractivity contribution in [2.45, 2.75) is 45.7 Å². The van der Waals surface area contributed by atoms with Crippen LogP contribution in [-0.2, 0) is 24.2 Å². The van der Waals surface area contributed by atoms with Gasteiger partial charge < -0.3 is 10.2 Å². The number of nitrogens with one attached hydrogen (secondary N) is 1. The van der Waals surface area contributed by atoms with Crippen molar-refractivity contribution in [2.24, 2.45) is 0 Å². The van der Waals surface area contributed by atoms with E-state index in [4.69, 9.17) is 10.2 Å². The van der Waals surface area contributed by atoms with Crippen LogP contribution in [0.25, 0.3) is 0 Å². The lowest BCUT2D eigenvalue weighted by molar-refractivity contribution is -0.117. The molecule has 166 valence electrons. The Morgan fingerprint density at radius 1 is 1.22 bits per heavy atom. The number of benzene rings is 1. The maximum Gasteiger partial charge on any atom is 0.247 e. The van der Waals surface area contributed by atoms with Gasteiger partial charge in [0.25, 0.3) is 0 Å². The third-order valence-corrected chi connectivity index (χ3v) is 5.77. The molecule has 0 saturated heterocycles. The maximum absolute atomic E-state index is 12.3. The third kappa shape index (κ3) is 4.78. The highest BCUT2D eigenvalue weighted by Crippen LogP contribution is 2.34. The number of nitriles is 1. The van der Waals surface area contributed by atoms with Crippen molar-refractivity contribution in [1.82, 2.24) is 14.8 Å². The topological polar surface area (TPSA) is 86.8 Å². The monoisotopic (exact) mass is 448 g/mol. The Hall–Kier alpha value is -3.31. The molecule has 1 atom stereocenters. The first-order valence-electron chi connectivity index (χ1n) is 10.5. The van der Waals surface area contributed by atoms with Gasteiger partial charge in [0.1, 0.15) is 6.04 Å². The number of amides is 1. The predicted octanol–water partition coefficient (Wildman–Crippen LogP) is 3.57. The number of anilines is 2. The number of carbonyl (C=O) groups is 1. The minimum atomic E-state index is -0.153. The molecular formula is C24H28N6OS. The third-order valence-electron chi connectivity index (χ3n) is 5.77. The van der Waals surface area contributed by atoms with E-state index in [0.29, 0.717) is 12.1 Å². The summed E-state index contributed by atoms with van der Waals surface area (Å²) in [4.78, 5) is 19.1. The summed E-state index contributed by atoms with van der Waals surface area (Å²) in [5.41, 5.74) is 6.54. The lowest BCUT2D eigenvalue weighted by Crippen LogP contribution is -2.46. The Labute approximate surface area is 195 Å². The molecule has 3 heterocycles. The van der Waals surface area contributed by atoms with Gasteiger partial charge in [0.05, 0.1) is 41.4 Å². The molecule has 4 rings (SSSR count). The molecule has 2 aromatic heterocycles. The minimum absolute atomic E-state index is 0. The van der Waals surface area contributed by atoms with E-state index in [-0.39, 0.29) is 25.4 Å². The van der Waals surface area contributed by atoms with Gasteiger partial charge in [-0.3, -0.25) is 14.5 Å². The van der Waals surface area contributed by atoms with Gasteiger partial charge in [0, 0.05) is 18.9 Å². The molecule has 1 aliphatic heterocycles. The van der Waals surface area contributed by atoms with Crippen molar-refractivity contribution in [1.29, 1.82) is 5.26 Å². The van der Waals surface area contributed by atoms with Gasteiger partial charge in [-0.1, -0.05) is 19.1 Å². The number of hydrogen-bond acceptors (Lipinski definition) is 5. The normalized spacial score (nSPS) is 14.9. The second-order valence-electron chi connectivity index (χ2n) is 7.98. The van der Waals surface area contributed by atoms with Crippen molar-refractivity contribution in [3.05, 3.63) is 70.8 Å². The molecule has 0 spiro atoms. The van der Waals surface area contributed by atoms with Crippen LogP contribution in [0.3, 0.4) is 0 Å². The van der Waals surface area contributed by atoms with Crippen molar-refractivity contribution in [2.75, 3.05) is 17.3 Å². The first-order chi connectivity index (χ1) is 15.0. The quantitative estimate of drug-likeness (QED) is 0.623. The van der Waals surface area contributed by atoms with Crippen LogP contribution in [0.4, 0.5) is 11.4 Å². The van der Waals surface area contributed by atoms with E-state index in [0.717, 1.165) is 53.2 Å². The van der Waals surface area contributed by atoms with Crippen molar-refractivity contribution >= 4 is 30.8 Å². The number of aryl methyl sites for hydroxylation is 3. The van der Waals surface area contributed by atoms with Gasteiger partial charge in [0.15, 0.2) is 0 Å². The first kappa shape index (κ1) is 23.4. The second-order valence-corrected chi connectivity index (χ2v) is 7.98. The van der Waals surface area contributed by atoms with Crippen LogP contribution in [0.5, 0.6) is 0 Å². The molecule has 0 aliphatic carbocycles. The molecule has 1 amide bonds. The Kier molecular flexibility index (Phi) is 7.21. The van der Waals surface area contributed by atoms with Crippen molar-refractivity contribution < 1.29 is 4.79 Å². The van der Waals surface area contributed by atoms with E-state index < -0.39 is 0 Å². The molecule has 1 aliphatic rings. The molecule has 0 radical (unpaired) electrons. The van der Waals surface area contributed by atoms with E-state index in [2.05, 4.69) is 27.5 Å². The standard InChI is InChI=1S/C24H26N6O.H2S/c1-4-21-24(31)28-23-16(2)27-20(11-22(23)29(21)3)9-8-19-13-26-30(15-19)14-18-7-5-6-17(10-18)12-25;/h5-7,10-11,13,15,21H,4,8-9,14H2,1-3H3,(H,28,31);1H2/t21-;/m0./s1. The minimum Gasteiger partial charge on any atom is -0.361 e. The Bertz CT molecular complexity index is 1170. The van der Waals surface area contributed by atoms with Gasteiger partial charge in [-0.25, -0.2) is 0 Å². The lowest BCUT2D eigenvalue weighted by atomic mass is 10.0. The number of rotatable bonds is 6. The van der Waals surface area contributed by atoms with Crippen LogP contribution >= 0.6 is 13.5 Å². The Morgan fingerprint density at radius 2 is 2.03 bits per heavy atom. The summed E-state index contributed by atoms with van der Waals surface area (Å²) in [6.07, 6.45) is 6.32. The van der Waals surface area contributed by atoms with Crippen molar-refractivity contribution in [3.63, 3.8) is 0 Å². The number of hydrogen-bond donors (Lipinski definition) is 1. The number of fused-ring (bicyclic) bond motifs is 1. The van der Waals surface area contributed by atoms with Crippen LogP contribution in [0.1, 0.15) is 41.4 Å². The average Bonchev–Trinajstić information content (AvgIpc) is 3.21. The van der Waals surface area contributed by atoms with Gasteiger partial charge >= 0.3 is 0 Å². The van der Waals surface area contributed by atoms with E-state index in [9.17, 15) is 4.79 Å². The zero-order valence-electron chi connectivity index (χ0n) is 18.6. The highest BCUT2D eigenvalue weighted by Gasteiger charge is 2.30. The lowest BCUT2D eigenvalue weighted by Gasteiger charge is -2.35. The molecule has 32 heavy (non-hydrogen) atoms. The zero-order chi connectivity index (χ0) is 22.0. The molecular weight excluding hydrogens is 420 g/mol. The molecule has 1 N–H and O–H groups in total. The summed E-state index contributed by atoms with van der Waals surface area (Å²) in [5, 5.41) is 16.5. The van der Waals surface area contributed by atoms with Gasteiger partial charge in [-0.2, -0.15) is 23.9 Å². The first-order valence-corrected chi connectivity index (χ1v) is 10.5. The zero-order valence-corrected chi connectivity index (χ0v) is 19.6. The fourth-order valence-electron chi connectivity index (χ4n) is 4.11. The summed E-state index contributed by atoms with van der Waals surface area (Å²) in [6, 6.07) is 11.7. The number of carbonyl (C=O) groups excluding carboxylic acids is 1. The fourth-order valence-corrected chi connectivity index (χ4v) is 4.11. The summed E-state index contributed by atoms with van der Waals surface area (Å²) in [7, 11) is 1.97. The highest BCUT2D eigenvalue weighted by molar-refractivity contribution is 7.59. The summed E-state index contributed by atoms with van der Waals surface area (Å²) >= 11 is 0. The summed E-state index contributed by atoms with van der Waals surface area (Å²) < 4.78 is 1.90. The van der Waals surface area contributed by atoms with Crippen LogP contribution < -0.4 is 10.2 Å². The van der Waals surface area contributed by atoms with E-state index in [1.54, 1.807) is 6.07 Å². The molecule has 7 nitrogen and oxygen atoms in total. The molecule has 0 unspecified atom stereocenters. The Balaban J connectivity index is 0.00000289. The van der Waals surface area contributed by atoms with Gasteiger partial charge in [-0.05, 0) is 55.5 Å². The van der Waals surface area contributed by atoms with Crippen LogP contribution in [-0.4, -0.2) is 33.8 Å². The Morgan fingerprint density at radius 3 is 2.78 bits per heavy atom. The highest BCUT2D eigenvalue weighted by atomic mass is 32.1. The molecule has 0 saturated carbocycles. The molecule has 8 heteroatoms. The van der Waals surface area contributed by atoms with Gasteiger partial charge in [0.2, 0.25) is 5.91 Å². The molecule has 3 aromatic rings. The number of likely N-dealkylation sites (N-methyl/N-ethyl adjacent to an activating group) is 1. The summed E-state index contributed by atoms with van der Waals surface area (Å²) in [6.45, 7) is 4.60. The second kappa shape index (κ2) is 9.88. The van der Waals surface area contributed by atoms with Crippen LogP contribution in [0, 0.1) is 18.3 Å². The van der Waals surface area contributed by atoms with E-state index in [1.165, 1.54) is 0 Å². The number of pyridine rings is 1. The van der Waals surface area contributed by atoms with E-state index >= 15 is 0 Å². The SMILES string of the molecule is CC[C@H]1C(=O)Nc2c(cc(CCc3cnn(Cc4cccc(C#N)c4)c3)nc2C)N1C.S. The number of nitrogens with zero attached hydrogens (tertiary/aromatic N) is 5. The number of aromatic nitrogens is 3. The van der Waals surface area contributed by atoms with Crippen LogP contribution in [0.2, 0.25) is 0 Å². The van der Waals surface area contributed by atoms with Crippen LogP contribution in [0.15, 0.2) is 42.7 Å². The van der Waals surface area contributed by atoms with Gasteiger partial charge in [-0.15, -0.1) is 0 Å². The molecule has 0 fully saturated rings. The fraction of sp³-hybridized carbons (Fsp3) is 0.333. The maximum atomic E-state index is 12.3. The van der Waals surface area contributed by atoms with Crippen molar-refractivity contribution in [3.8, 4) is 6.07 Å². The smallest absolute Gasteiger partial charge is 0.247 e. The molecule has 0 bridgehead atoms. The van der Waals surface area contributed by atoms with E-state index in [1.807, 2.05) is 56.2 Å². The summed E-state index contributed by atoms with van der Waals surface area (Å²) in [5.74, 6) is 0.0304.